The number of terminal acetylenes is 1. The molecule has 9 nitrogen and oxygen atoms in total. The zero-order valence-electron chi connectivity index (χ0n) is 25.9. The summed E-state index contributed by atoms with van der Waals surface area (Å²) in [5.74, 6) is 3.65. The zero-order valence-corrected chi connectivity index (χ0v) is 25.9. The third kappa shape index (κ3) is 4.88. The number of aromatic amines is 1. The first-order chi connectivity index (χ1) is 21.0. The van der Waals surface area contributed by atoms with Crippen LogP contribution in [-0.4, -0.2) is 58.6 Å². The summed E-state index contributed by atoms with van der Waals surface area (Å²) in [5, 5.41) is 28.8. The van der Waals surface area contributed by atoms with E-state index in [-0.39, 0.29) is 35.6 Å². The van der Waals surface area contributed by atoms with Crippen LogP contribution < -0.4 is 10.1 Å². The molecule has 234 valence electrons. The number of amides is 1. The Hall–Kier alpha value is -3.77. The number of carboxylic acids is 1. The van der Waals surface area contributed by atoms with Gasteiger partial charge in [-0.25, -0.2) is 4.79 Å². The van der Waals surface area contributed by atoms with E-state index in [0.29, 0.717) is 47.4 Å². The lowest BCUT2D eigenvalue weighted by Gasteiger charge is -2.58. The Morgan fingerprint density at radius 3 is 2.70 bits per heavy atom. The minimum atomic E-state index is -1.05. The van der Waals surface area contributed by atoms with Gasteiger partial charge in [0.25, 0.3) is 5.91 Å². The van der Waals surface area contributed by atoms with Crippen molar-refractivity contribution >= 4 is 28.5 Å². The SMILES string of the molecule is C#C[C@]1(O)CC[C@@H]2[C@H]3CCC4=C/C(=N\OCC(=O)NCCc5c(C(=O)O)[nH]c6ccc(OC)cc56)CC[C@]4(C)[C@H]3CC[C@@]21C. The van der Waals surface area contributed by atoms with Gasteiger partial charge in [-0.15, -0.1) is 6.42 Å². The second-order valence-corrected chi connectivity index (χ2v) is 13.7. The molecule has 3 saturated carbocycles. The molecule has 44 heavy (non-hydrogen) atoms. The molecule has 0 saturated heterocycles. The van der Waals surface area contributed by atoms with Gasteiger partial charge >= 0.3 is 5.97 Å². The van der Waals surface area contributed by atoms with Gasteiger partial charge in [-0.1, -0.05) is 30.5 Å². The molecule has 3 fully saturated rings. The summed E-state index contributed by atoms with van der Waals surface area (Å²) < 4.78 is 5.29. The highest BCUT2D eigenvalue weighted by Crippen LogP contribution is 2.67. The van der Waals surface area contributed by atoms with E-state index < -0.39 is 11.6 Å². The normalized spacial score (nSPS) is 33.5. The van der Waals surface area contributed by atoms with Gasteiger partial charge in [-0.2, -0.15) is 0 Å². The number of rotatable bonds is 8. The number of hydrogen-bond acceptors (Lipinski definition) is 6. The van der Waals surface area contributed by atoms with E-state index in [1.165, 1.54) is 5.57 Å². The summed E-state index contributed by atoms with van der Waals surface area (Å²) >= 11 is 0. The van der Waals surface area contributed by atoms with Crippen LogP contribution in [0.5, 0.6) is 5.75 Å². The molecule has 0 spiro atoms. The number of aliphatic hydroxyl groups is 1. The number of ether oxygens (including phenoxy) is 1. The highest BCUT2D eigenvalue weighted by molar-refractivity contribution is 5.98. The Kier molecular flexibility index (Phi) is 7.77. The lowest BCUT2D eigenvalue weighted by molar-refractivity contribution is -0.125. The fraction of sp³-hybridized carbons (Fsp3) is 0.571. The number of fused-ring (bicyclic) bond motifs is 6. The molecule has 1 aromatic carbocycles. The number of aromatic nitrogens is 1. The number of methoxy groups -OCH3 is 1. The summed E-state index contributed by atoms with van der Waals surface area (Å²) in [6.45, 7) is 4.68. The molecule has 1 heterocycles. The Morgan fingerprint density at radius 2 is 1.95 bits per heavy atom. The van der Waals surface area contributed by atoms with E-state index in [0.717, 1.165) is 56.0 Å². The maximum Gasteiger partial charge on any atom is 0.352 e. The summed E-state index contributed by atoms with van der Waals surface area (Å²) in [6.07, 6.45) is 16.0. The highest BCUT2D eigenvalue weighted by atomic mass is 16.6. The van der Waals surface area contributed by atoms with E-state index in [1.54, 1.807) is 25.3 Å². The molecule has 6 rings (SSSR count). The number of carbonyl (C=O) groups is 2. The van der Waals surface area contributed by atoms with Crippen LogP contribution in [0.15, 0.2) is 35.0 Å². The van der Waals surface area contributed by atoms with Crippen LogP contribution in [0.3, 0.4) is 0 Å². The van der Waals surface area contributed by atoms with Crippen LogP contribution in [0.4, 0.5) is 0 Å². The number of allylic oxidation sites excluding steroid dienone is 2. The van der Waals surface area contributed by atoms with E-state index in [2.05, 4.69) is 41.3 Å². The predicted octanol–water partition coefficient (Wildman–Crippen LogP) is 5.23. The summed E-state index contributed by atoms with van der Waals surface area (Å²) in [5.41, 5.74) is 2.64. The summed E-state index contributed by atoms with van der Waals surface area (Å²) in [7, 11) is 1.56. The monoisotopic (exact) mass is 601 g/mol. The Bertz CT molecular complexity index is 1580. The van der Waals surface area contributed by atoms with Crippen molar-refractivity contribution in [2.75, 3.05) is 20.3 Å². The van der Waals surface area contributed by atoms with Crippen LogP contribution >= 0.6 is 0 Å². The topological polar surface area (TPSA) is 133 Å². The molecule has 1 amide bonds. The van der Waals surface area contributed by atoms with Gasteiger partial charge in [-0.3, -0.25) is 4.79 Å². The third-order valence-corrected chi connectivity index (χ3v) is 11.8. The van der Waals surface area contributed by atoms with Crippen molar-refractivity contribution in [3.8, 4) is 18.1 Å². The largest absolute Gasteiger partial charge is 0.497 e. The van der Waals surface area contributed by atoms with Crippen LogP contribution in [-0.2, 0) is 16.1 Å². The number of H-pyrrole nitrogens is 1. The van der Waals surface area contributed by atoms with Crippen molar-refractivity contribution in [2.45, 2.75) is 77.2 Å². The number of nitrogens with zero attached hydrogens (tertiary/aromatic N) is 1. The molecule has 4 N–H and O–H groups in total. The zero-order chi connectivity index (χ0) is 31.3. The van der Waals surface area contributed by atoms with E-state index >= 15 is 0 Å². The van der Waals surface area contributed by atoms with Gasteiger partial charge in [0.2, 0.25) is 0 Å². The van der Waals surface area contributed by atoms with Crippen LogP contribution in [0.25, 0.3) is 10.9 Å². The first-order valence-electron chi connectivity index (χ1n) is 15.8. The van der Waals surface area contributed by atoms with Crippen LogP contribution in [0, 0.1) is 40.9 Å². The Balaban J connectivity index is 1.04. The number of oxime groups is 1. The number of carbonyl (C=O) groups excluding carboxylic acids is 1. The second-order valence-electron chi connectivity index (χ2n) is 13.7. The molecule has 9 heteroatoms. The fourth-order valence-corrected chi connectivity index (χ4v) is 9.24. The molecule has 4 aliphatic carbocycles. The fourth-order valence-electron chi connectivity index (χ4n) is 9.24. The standard InChI is InChI=1S/C35H43N3O6/c1-5-35(42)16-12-28-25-8-6-21-18-22(10-14-33(21,2)27(25)11-15-34(28,35)3)38-44-20-30(39)36-17-13-24-26-19-23(43-4)7-9-29(26)37-31(24)32(40)41/h1,7,9,18-19,25,27-28,37,42H,6,8,10-17,20H2,2-4H3,(H,36,39)(H,40,41)/b38-22-/t25-,27-,28+,33-,34-,35-/m0/s1. The first-order valence-corrected chi connectivity index (χ1v) is 15.8. The first kappa shape index (κ1) is 30.3. The Labute approximate surface area is 258 Å². The van der Waals surface area contributed by atoms with Gasteiger partial charge in [0, 0.05) is 22.9 Å². The molecule has 4 aliphatic rings. The molecular weight excluding hydrogens is 558 g/mol. The number of hydrogen-bond donors (Lipinski definition) is 4. The quantitative estimate of drug-likeness (QED) is 0.242. The lowest BCUT2D eigenvalue weighted by atomic mass is 9.46. The van der Waals surface area contributed by atoms with Crippen molar-refractivity contribution in [1.82, 2.24) is 10.3 Å². The van der Waals surface area contributed by atoms with Crippen LogP contribution in [0.2, 0.25) is 0 Å². The van der Waals surface area contributed by atoms with E-state index in [1.807, 2.05) is 0 Å². The van der Waals surface area contributed by atoms with Gasteiger partial charge in [0.1, 0.15) is 17.0 Å². The van der Waals surface area contributed by atoms with Crippen LogP contribution in [0.1, 0.15) is 81.3 Å². The smallest absolute Gasteiger partial charge is 0.352 e. The average Bonchev–Trinajstić information content (AvgIpc) is 3.51. The minimum Gasteiger partial charge on any atom is -0.497 e. The number of aromatic carboxylic acids is 1. The molecule has 1 aromatic heterocycles. The molecule has 0 bridgehead atoms. The van der Waals surface area contributed by atoms with Crippen molar-refractivity contribution < 1.29 is 29.4 Å². The second kappa shape index (κ2) is 11.3. The predicted molar refractivity (Wildman–Crippen MR) is 167 cm³/mol. The Morgan fingerprint density at radius 1 is 1.16 bits per heavy atom. The number of benzene rings is 1. The highest BCUT2D eigenvalue weighted by Gasteiger charge is 2.63. The lowest BCUT2D eigenvalue weighted by Crippen LogP contribution is -2.54. The van der Waals surface area contributed by atoms with Gasteiger partial charge < -0.3 is 30.1 Å². The summed E-state index contributed by atoms with van der Waals surface area (Å²) in [4.78, 5) is 32.7. The number of nitrogens with one attached hydrogen (secondary N) is 2. The van der Waals surface area contributed by atoms with Gasteiger partial charge in [0.05, 0.1) is 12.8 Å². The minimum absolute atomic E-state index is 0.107. The maximum absolute atomic E-state index is 12.5. The van der Waals surface area contributed by atoms with Crippen molar-refractivity contribution in [1.29, 1.82) is 0 Å². The third-order valence-electron chi connectivity index (χ3n) is 11.8. The number of carboxylic acid groups (broad SMARTS) is 1. The van der Waals surface area contributed by atoms with E-state index in [4.69, 9.17) is 16.0 Å². The van der Waals surface area contributed by atoms with Gasteiger partial charge in [0.15, 0.2) is 6.61 Å². The van der Waals surface area contributed by atoms with Crippen molar-refractivity contribution in [3.63, 3.8) is 0 Å². The van der Waals surface area contributed by atoms with E-state index in [9.17, 15) is 19.8 Å². The van der Waals surface area contributed by atoms with Crippen molar-refractivity contribution in [2.24, 2.45) is 33.7 Å². The van der Waals surface area contributed by atoms with Gasteiger partial charge in [-0.05, 0) is 111 Å². The molecule has 0 unspecified atom stereocenters. The maximum atomic E-state index is 12.5. The van der Waals surface area contributed by atoms with Crippen molar-refractivity contribution in [3.05, 3.63) is 41.1 Å². The molecule has 6 atom stereocenters. The molecule has 0 radical (unpaired) electrons. The summed E-state index contributed by atoms with van der Waals surface area (Å²) in [6, 6.07) is 5.35. The molecule has 2 aromatic rings. The molecule has 0 aliphatic heterocycles. The average molecular weight is 602 g/mol. The molecular formula is C35H43N3O6.